The molecule has 8 heteroatoms. The molecule has 0 radical (unpaired) electrons. The number of alkyl halides is 3. The Kier molecular flexibility index (Phi) is 3.52. The summed E-state index contributed by atoms with van der Waals surface area (Å²) in [5, 5.41) is 17.0. The third-order valence-electron chi connectivity index (χ3n) is 1.54. The molecule has 0 spiro atoms. The second kappa shape index (κ2) is 4.69. The van der Waals surface area contributed by atoms with Gasteiger partial charge in [-0.1, -0.05) is 0 Å². The summed E-state index contributed by atoms with van der Waals surface area (Å²) < 4.78 is 39.2. The first kappa shape index (κ1) is 12.8. The van der Waals surface area contributed by atoms with Crippen LogP contribution in [0.15, 0.2) is 12.1 Å². The summed E-state index contributed by atoms with van der Waals surface area (Å²) in [4.78, 5) is 13.7. The highest BCUT2D eigenvalue weighted by atomic mass is 19.4. The van der Waals surface area contributed by atoms with Crippen LogP contribution in [-0.4, -0.2) is 22.4 Å². The van der Waals surface area contributed by atoms with Gasteiger partial charge in [0.1, 0.15) is 0 Å². The molecule has 90 valence electrons. The molecule has 1 heterocycles. The summed E-state index contributed by atoms with van der Waals surface area (Å²) in [6.07, 6.45) is -5.54. The van der Waals surface area contributed by atoms with Gasteiger partial charge in [0.05, 0.1) is 23.7 Å². The standard InChI is InChI=1S/C9H5F3N2O3/c10-9(11,12)17-7-2-5(4-13)1-6(14-7)3-8(15)16/h1-2H,3H2,(H,15,16). The summed E-state index contributed by atoms with van der Waals surface area (Å²) in [7, 11) is 0. The Hall–Kier alpha value is -2.30. The summed E-state index contributed by atoms with van der Waals surface area (Å²) in [6, 6.07) is 3.44. The predicted octanol–water partition coefficient (Wildman–Crippen LogP) is 1.48. The number of nitrogens with zero attached hydrogens (tertiary/aromatic N) is 2. The number of hydrogen-bond acceptors (Lipinski definition) is 4. The van der Waals surface area contributed by atoms with Crippen molar-refractivity contribution in [3.8, 4) is 11.9 Å². The van der Waals surface area contributed by atoms with Crippen LogP contribution in [0.1, 0.15) is 11.3 Å². The highest BCUT2D eigenvalue weighted by Crippen LogP contribution is 2.22. The van der Waals surface area contributed by atoms with Crippen molar-refractivity contribution in [3.63, 3.8) is 0 Å². The van der Waals surface area contributed by atoms with Gasteiger partial charge in [-0.25, -0.2) is 4.98 Å². The molecule has 0 aliphatic rings. The molecule has 0 aromatic carbocycles. The highest BCUT2D eigenvalue weighted by Gasteiger charge is 2.32. The Labute approximate surface area is 93.1 Å². The van der Waals surface area contributed by atoms with E-state index in [0.717, 1.165) is 12.1 Å². The van der Waals surface area contributed by atoms with Crippen molar-refractivity contribution in [1.29, 1.82) is 5.26 Å². The fourth-order valence-corrected chi connectivity index (χ4v) is 1.04. The summed E-state index contributed by atoms with van der Waals surface area (Å²) in [5.41, 5.74) is -0.341. The van der Waals surface area contributed by atoms with Crippen molar-refractivity contribution < 1.29 is 27.8 Å². The first-order chi connectivity index (χ1) is 7.80. The van der Waals surface area contributed by atoms with E-state index in [9.17, 15) is 18.0 Å². The van der Waals surface area contributed by atoms with Crippen molar-refractivity contribution in [2.75, 3.05) is 0 Å². The fraction of sp³-hybridized carbons (Fsp3) is 0.222. The normalized spacial score (nSPS) is 10.7. The molecular weight excluding hydrogens is 241 g/mol. The minimum absolute atomic E-state index is 0.157. The van der Waals surface area contributed by atoms with E-state index in [-0.39, 0.29) is 11.3 Å². The number of carboxylic acids is 1. The number of aliphatic carboxylic acids is 1. The van der Waals surface area contributed by atoms with Gasteiger partial charge in [0.25, 0.3) is 0 Å². The van der Waals surface area contributed by atoms with Crippen molar-refractivity contribution >= 4 is 5.97 Å². The maximum Gasteiger partial charge on any atom is 0.574 e. The number of ether oxygens (including phenoxy) is 1. The molecule has 0 saturated heterocycles. The van der Waals surface area contributed by atoms with Crippen LogP contribution in [0.2, 0.25) is 0 Å². The number of rotatable bonds is 3. The molecule has 1 aromatic rings. The largest absolute Gasteiger partial charge is 0.574 e. The molecule has 0 amide bonds. The Morgan fingerprint density at radius 3 is 2.65 bits per heavy atom. The number of carboxylic acid groups (broad SMARTS) is 1. The van der Waals surface area contributed by atoms with Gasteiger partial charge >= 0.3 is 12.3 Å². The van der Waals surface area contributed by atoms with Gasteiger partial charge < -0.3 is 9.84 Å². The number of carbonyl (C=O) groups is 1. The molecule has 0 atom stereocenters. The quantitative estimate of drug-likeness (QED) is 0.873. The maximum absolute atomic E-state index is 11.9. The molecular formula is C9H5F3N2O3. The molecule has 1 rings (SSSR count). The fourth-order valence-electron chi connectivity index (χ4n) is 1.04. The molecule has 0 unspecified atom stereocenters. The van der Waals surface area contributed by atoms with Gasteiger partial charge in [-0.2, -0.15) is 5.26 Å². The summed E-state index contributed by atoms with van der Waals surface area (Å²) >= 11 is 0. The second-order valence-corrected chi connectivity index (χ2v) is 2.92. The van der Waals surface area contributed by atoms with E-state index >= 15 is 0 Å². The number of halogens is 3. The predicted molar refractivity (Wildman–Crippen MR) is 47.0 cm³/mol. The Morgan fingerprint density at radius 1 is 1.53 bits per heavy atom. The molecule has 0 bridgehead atoms. The van der Waals surface area contributed by atoms with Crippen molar-refractivity contribution in [3.05, 3.63) is 23.4 Å². The Morgan fingerprint density at radius 2 is 2.18 bits per heavy atom. The SMILES string of the molecule is N#Cc1cc(CC(=O)O)nc(OC(F)(F)F)c1. The molecule has 1 N–H and O–H groups in total. The van der Waals surface area contributed by atoms with Crippen LogP contribution in [0.4, 0.5) is 13.2 Å². The van der Waals surface area contributed by atoms with E-state index in [2.05, 4.69) is 9.72 Å². The van der Waals surface area contributed by atoms with Crippen LogP contribution in [-0.2, 0) is 11.2 Å². The van der Waals surface area contributed by atoms with Gasteiger partial charge in [-0.05, 0) is 6.07 Å². The molecule has 17 heavy (non-hydrogen) atoms. The first-order valence-corrected chi connectivity index (χ1v) is 4.19. The van der Waals surface area contributed by atoms with Crippen molar-refractivity contribution in [1.82, 2.24) is 4.98 Å². The van der Waals surface area contributed by atoms with Crippen molar-refractivity contribution in [2.45, 2.75) is 12.8 Å². The number of hydrogen-bond donors (Lipinski definition) is 1. The molecule has 0 saturated carbocycles. The lowest BCUT2D eigenvalue weighted by Crippen LogP contribution is -2.18. The first-order valence-electron chi connectivity index (χ1n) is 4.19. The van der Waals surface area contributed by atoms with Crippen LogP contribution in [0.3, 0.4) is 0 Å². The number of pyridine rings is 1. The molecule has 0 fully saturated rings. The van der Waals surface area contributed by atoms with Crippen LogP contribution in [0, 0.1) is 11.3 Å². The third-order valence-corrected chi connectivity index (χ3v) is 1.54. The van der Waals surface area contributed by atoms with E-state index in [1.165, 1.54) is 0 Å². The highest BCUT2D eigenvalue weighted by molar-refractivity contribution is 5.69. The maximum atomic E-state index is 11.9. The van der Waals surface area contributed by atoms with Crippen LogP contribution in [0.25, 0.3) is 0 Å². The topological polar surface area (TPSA) is 83.2 Å². The summed E-state index contributed by atoms with van der Waals surface area (Å²) in [5.74, 6) is -2.13. The summed E-state index contributed by atoms with van der Waals surface area (Å²) in [6.45, 7) is 0. The Balaban J connectivity index is 3.06. The Bertz CT molecular complexity index is 479. The van der Waals surface area contributed by atoms with Gasteiger partial charge in [0.2, 0.25) is 5.88 Å². The van der Waals surface area contributed by atoms with Gasteiger partial charge in [-0.3, -0.25) is 4.79 Å². The molecule has 0 aliphatic heterocycles. The zero-order valence-electron chi connectivity index (χ0n) is 8.15. The van der Waals surface area contributed by atoms with E-state index < -0.39 is 24.6 Å². The average molecular weight is 246 g/mol. The van der Waals surface area contributed by atoms with E-state index in [1.54, 1.807) is 6.07 Å². The number of aromatic nitrogens is 1. The minimum atomic E-state index is -4.94. The van der Waals surface area contributed by atoms with Crippen molar-refractivity contribution in [2.24, 2.45) is 0 Å². The molecule has 1 aromatic heterocycles. The van der Waals surface area contributed by atoms with Crippen LogP contribution in [0.5, 0.6) is 5.88 Å². The minimum Gasteiger partial charge on any atom is -0.481 e. The number of nitriles is 1. The van der Waals surface area contributed by atoms with Gasteiger partial charge in [0.15, 0.2) is 0 Å². The van der Waals surface area contributed by atoms with Gasteiger partial charge in [-0.15, -0.1) is 13.2 Å². The zero-order valence-corrected chi connectivity index (χ0v) is 8.15. The second-order valence-electron chi connectivity index (χ2n) is 2.92. The van der Waals surface area contributed by atoms with E-state index in [4.69, 9.17) is 10.4 Å². The smallest absolute Gasteiger partial charge is 0.481 e. The van der Waals surface area contributed by atoms with E-state index in [0.29, 0.717) is 0 Å². The molecule has 0 aliphatic carbocycles. The van der Waals surface area contributed by atoms with Crippen LogP contribution < -0.4 is 4.74 Å². The monoisotopic (exact) mass is 246 g/mol. The van der Waals surface area contributed by atoms with Crippen LogP contribution >= 0.6 is 0 Å². The average Bonchev–Trinajstić information content (AvgIpc) is 2.13. The lowest BCUT2D eigenvalue weighted by atomic mass is 10.2. The zero-order chi connectivity index (χ0) is 13.1. The van der Waals surface area contributed by atoms with Gasteiger partial charge in [0, 0.05) is 6.07 Å². The lowest BCUT2D eigenvalue weighted by Gasteiger charge is -2.08. The molecule has 5 nitrogen and oxygen atoms in total. The van der Waals surface area contributed by atoms with E-state index in [1.807, 2.05) is 0 Å². The lowest BCUT2D eigenvalue weighted by molar-refractivity contribution is -0.276. The third kappa shape index (κ3) is 4.38.